The van der Waals surface area contributed by atoms with Crippen LogP contribution in [0.15, 0.2) is 5.16 Å². The summed E-state index contributed by atoms with van der Waals surface area (Å²) in [5.74, 6) is -1.18. The van der Waals surface area contributed by atoms with Crippen LogP contribution < -0.4 is 0 Å². The number of hydrogen-bond acceptors (Lipinski definition) is 5. The third kappa shape index (κ3) is 7.49. The summed E-state index contributed by atoms with van der Waals surface area (Å²) in [6.07, 6.45) is 4.21. The molecule has 0 aromatic carbocycles. The van der Waals surface area contributed by atoms with Crippen LogP contribution >= 0.6 is 0 Å². The highest BCUT2D eigenvalue weighted by Crippen LogP contribution is 1.99. The fourth-order valence-corrected chi connectivity index (χ4v) is 1.15. The largest absolute Gasteiger partial charge is 0.461 e. The van der Waals surface area contributed by atoms with Crippen LogP contribution in [0.3, 0.4) is 0 Å². The maximum atomic E-state index is 11.3. The summed E-state index contributed by atoms with van der Waals surface area (Å²) in [5.41, 5.74) is -0.276. The lowest BCUT2D eigenvalue weighted by molar-refractivity contribution is -0.136. The molecular weight excluding hydrogens is 222 g/mol. The number of hydrogen-bond donors (Lipinski definition) is 0. The fourth-order valence-electron chi connectivity index (χ4n) is 1.15. The summed E-state index contributed by atoms with van der Waals surface area (Å²) >= 11 is 0. The number of Topliss-reactive ketones (excluding diaryl/α,β-unsaturated/α-hetero) is 1. The molecule has 0 bridgehead atoms. The van der Waals surface area contributed by atoms with Crippen molar-refractivity contribution in [3.8, 4) is 0 Å². The Kier molecular flexibility index (Phi) is 9.01. The van der Waals surface area contributed by atoms with Crippen molar-refractivity contribution in [1.82, 2.24) is 0 Å². The Labute approximate surface area is 102 Å². The molecule has 0 unspecified atom stereocenters. The molecule has 0 saturated carbocycles. The maximum absolute atomic E-state index is 11.3. The molecular formula is C12H21NO4. The van der Waals surface area contributed by atoms with E-state index in [2.05, 4.69) is 12.1 Å². The highest BCUT2D eigenvalue weighted by molar-refractivity contribution is 6.63. The number of ketones is 1. The van der Waals surface area contributed by atoms with Gasteiger partial charge in [-0.05, 0) is 19.8 Å². The van der Waals surface area contributed by atoms with Gasteiger partial charge in [-0.1, -0.05) is 24.9 Å². The lowest BCUT2D eigenvalue weighted by Crippen LogP contribution is -2.24. The fraction of sp³-hybridized carbons (Fsp3) is 0.750. The number of esters is 1. The third-order valence-corrected chi connectivity index (χ3v) is 2.05. The van der Waals surface area contributed by atoms with Crippen LogP contribution in [0.1, 0.15) is 46.5 Å². The van der Waals surface area contributed by atoms with E-state index in [1.54, 1.807) is 6.92 Å². The van der Waals surface area contributed by atoms with Gasteiger partial charge >= 0.3 is 5.97 Å². The zero-order chi connectivity index (χ0) is 13.1. The average Bonchev–Trinajstić information content (AvgIpc) is 2.27. The smallest absolute Gasteiger partial charge is 0.364 e. The van der Waals surface area contributed by atoms with E-state index in [4.69, 9.17) is 9.57 Å². The van der Waals surface area contributed by atoms with Gasteiger partial charge in [0.1, 0.15) is 6.61 Å². The van der Waals surface area contributed by atoms with Crippen molar-refractivity contribution in [2.24, 2.45) is 5.16 Å². The van der Waals surface area contributed by atoms with Gasteiger partial charge in [-0.25, -0.2) is 4.79 Å². The molecule has 0 fully saturated rings. The van der Waals surface area contributed by atoms with Gasteiger partial charge in [0, 0.05) is 6.92 Å². The third-order valence-electron chi connectivity index (χ3n) is 2.05. The van der Waals surface area contributed by atoms with Crippen molar-refractivity contribution in [2.45, 2.75) is 46.5 Å². The van der Waals surface area contributed by atoms with Crippen LogP contribution in [0, 0.1) is 0 Å². The first-order valence-electron chi connectivity index (χ1n) is 6.01. The van der Waals surface area contributed by atoms with E-state index in [9.17, 15) is 9.59 Å². The van der Waals surface area contributed by atoms with Gasteiger partial charge in [0.2, 0.25) is 5.71 Å². The molecule has 0 N–H and O–H groups in total. The van der Waals surface area contributed by atoms with Gasteiger partial charge < -0.3 is 9.57 Å². The van der Waals surface area contributed by atoms with E-state index in [0.29, 0.717) is 6.61 Å². The second-order valence-electron chi connectivity index (χ2n) is 3.61. The van der Waals surface area contributed by atoms with Crippen molar-refractivity contribution in [2.75, 3.05) is 13.2 Å². The molecule has 17 heavy (non-hydrogen) atoms. The SMILES string of the molecule is CCCCCCO/N=C(/C(C)=O)C(=O)OCC. The van der Waals surface area contributed by atoms with E-state index in [-0.39, 0.29) is 12.3 Å². The number of nitrogens with zero attached hydrogens (tertiary/aromatic N) is 1. The molecule has 0 saturated heterocycles. The topological polar surface area (TPSA) is 65.0 Å². The zero-order valence-corrected chi connectivity index (χ0v) is 10.8. The highest BCUT2D eigenvalue weighted by atomic mass is 16.6. The van der Waals surface area contributed by atoms with Crippen molar-refractivity contribution in [3.05, 3.63) is 0 Å². The molecule has 98 valence electrons. The second-order valence-corrected chi connectivity index (χ2v) is 3.61. The van der Waals surface area contributed by atoms with Crippen LogP contribution in [0.25, 0.3) is 0 Å². The molecule has 0 aliphatic carbocycles. The van der Waals surface area contributed by atoms with Crippen LogP contribution in [0.5, 0.6) is 0 Å². The monoisotopic (exact) mass is 243 g/mol. The normalized spacial score (nSPS) is 11.1. The molecule has 0 atom stereocenters. The molecule has 0 rings (SSSR count). The Morgan fingerprint density at radius 2 is 1.82 bits per heavy atom. The lowest BCUT2D eigenvalue weighted by Gasteiger charge is -2.03. The van der Waals surface area contributed by atoms with Crippen molar-refractivity contribution in [1.29, 1.82) is 0 Å². The van der Waals surface area contributed by atoms with Gasteiger partial charge in [-0.15, -0.1) is 0 Å². The number of oxime groups is 1. The van der Waals surface area contributed by atoms with Gasteiger partial charge in [-0.3, -0.25) is 4.79 Å². The quantitative estimate of drug-likeness (QED) is 0.204. The summed E-state index contributed by atoms with van der Waals surface area (Å²) in [7, 11) is 0. The maximum Gasteiger partial charge on any atom is 0.364 e. The summed E-state index contributed by atoms with van der Waals surface area (Å²) in [4.78, 5) is 27.3. The molecule has 0 spiro atoms. The number of carbonyl (C=O) groups excluding carboxylic acids is 2. The molecule has 5 nitrogen and oxygen atoms in total. The minimum atomic E-state index is -0.728. The number of ether oxygens (including phenoxy) is 1. The predicted octanol–water partition coefficient (Wildman–Crippen LogP) is 2.09. The number of carbonyl (C=O) groups is 2. The Morgan fingerprint density at radius 3 is 2.35 bits per heavy atom. The Bertz CT molecular complexity index is 274. The van der Waals surface area contributed by atoms with Gasteiger partial charge in [0.25, 0.3) is 0 Å². The van der Waals surface area contributed by atoms with Crippen molar-refractivity contribution in [3.63, 3.8) is 0 Å². The van der Waals surface area contributed by atoms with Crippen molar-refractivity contribution >= 4 is 17.5 Å². The minimum Gasteiger partial charge on any atom is -0.461 e. The first-order valence-corrected chi connectivity index (χ1v) is 6.01. The molecule has 0 aliphatic heterocycles. The summed E-state index contributed by atoms with van der Waals surface area (Å²) < 4.78 is 4.69. The molecule has 0 aromatic heterocycles. The molecule has 0 amide bonds. The Hall–Kier alpha value is -1.39. The standard InChI is InChI=1S/C12H21NO4/c1-4-6-7-8-9-17-13-11(10(3)14)12(15)16-5-2/h4-9H2,1-3H3/b13-11-. The molecule has 5 heteroatoms. The van der Waals surface area contributed by atoms with E-state index < -0.39 is 11.8 Å². The zero-order valence-electron chi connectivity index (χ0n) is 10.8. The Balaban J connectivity index is 4.04. The van der Waals surface area contributed by atoms with Gasteiger partial charge in [0.15, 0.2) is 5.78 Å². The summed E-state index contributed by atoms with van der Waals surface area (Å²) in [6.45, 7) is 5.67. The predicted molar refractivity (Wildman–Crippen MR) is 64.8 cm³/mol. The van der Waals surface area contributed by atoms with Crippen LogP contribution in [-0.4, -0.2) is 30.7 Å². The first kappa shape index (κ1) is 15.6. The van der Waals surface area contributed by atoms with Crippen LogP contribution in [-0.2, 0) is 19.2 Å². The molecule has 0 aromatic rings. The summed E-state index contributed by atoms with van der Waals surface area (Å²) in [6, 6.07) is 0. The van der Waals surface area contributed by atoms with Crippen LogP contribution in [0.4, 0.5) is 0 Å². The average molecular weight is 243 g/mol. The highest BCUT2D eigenvalue weighted by Gasteiger charge is 2.18. The molecule has 0 aliphatic rings. The summed E-state index contributed by atoms with van der Waals surface area (Å²) in [5, 5.41) is 3.53. The molecule has 0 radical (unpaired) electrons. The van der Waals surface area contributed by atoms with E-state index in [0.717, 1.165) is 25.7 Å². The van der Waals surface area contributed by atoms with Gasteiger partial charge in [0.05, 0.1) is 6.61 Å². The van der Waals surface area contributed by atoms with E-state index in [1.807, 2.05) is 0 Å². The van der Waals surface area contributed by atoms with E-state index in [1.165, 1.54) is 6.92 Å². The first-order chi connectivity index (χ1) is 8.13. The lowest BCUT2D eigenvalue weighted by atomic mass is 10.2. The minimum absolute atomic E-state index is 0.210. The van der Waals surface area contributed by atoms with Crippen LogP contribution in [0.2, 0.25) is 0 Å². The van der Waals surface area contributed by atoms with Gasteiger partial charge in [-0.2, -0.15) is 0 Å². The van der Waals surface area contributed by atoms with E-state index >= 15 is 0 Å². The molecule has 0 heterocycles. The number of rotatable bonds is 9. The second kappa shape index (κ2) is 9.81. The van der Waals surface area contributed by atoms with Crippen molar-refractivity contribution < 1.29 is 19.2 Å². The Morgan fingerprint density at radius 1 is 1.12 bits per heavy atom. The number of unbranched alkanes of at least 4 members (excludes halogenated alkanes) is 3.